The third-order valence-electron chi connectivity index (χ3n) is 4.70. The molecule has 1 saturated carbocycles. The zero-order valence-electron chi connectivity index (χ0n) is 14.5. The zero-order valence-corrected chi connectivity index (χ0v) is 15.2. The van der Waals surface area contributed by atoms with Gasteiger partial charge in [-0.2, -0.15) is 0 Å². The Morgan fingerprint density at radius 3 is 2.50 bits per heavy atom. The molecule has 0 bridgehead atoms. The Morgan fingerprint density at radius 1 is 1.15 bits per heavy atom. The van der Waals surface area contributed by atoms with Crippen molar-refractivity contribution < 1.29 is 14.7 Å². The second kappa shape index (κ2) is 7.48. The fourth-order valence-electron chi connectivity index (χ4n) is 2.97. The number of amides is 2. The summed E-state index contributed by atoms with van der Waals surface area (Å²) in [5.74, 6) is -1.50. The molecule has 1 unspecified atom stereocenters. The fraction of sp³-hybridized carbons (Fsp3) is 0.300. The van der Waals surface area contributed by atoms with Gasteiger partial charge in [-0.25, -0.2) is 0 Å². The van der Waals surface area contributed by atoms with E-state index in [0.717, 1.165) is 24.0 Å². The van der Waals surface area contributed by atoms with E-state index in [-0.39, 0.29) is 12.5 Å². The van der Waals surface area contributed by atoms with Gasteiger partial charge in [-0.05, 0) is 48.9 Å². The number of halogens is 1. The molecule has 2 aromatic rings. The average molecular weight is 373 g/mol. The van der Waals surface area contributed by atoms with Crippen LogP contribution in [0.15, 0.2) is 48.5 Å². The molecule has 1 fully saturated rings. The van der Waals surface area contributed by atoms with Crippen LogP contribution < -0.4 is 10.6 Å². The van der Waals surface area contributed by atoms with Crippen molar-refractivity contribution in [1.29, 1.82) is 0 Å². The molecule has 0 heterocycles. The van der Waals surface area contributed by atoms with E-state index in [1.165, 1.54) is 0 Å². The lowest BCUT2D eigenvalue weighted by molar-refractivity contribution is -0.137. The molecule has 3 N–H and O–H groups in total. The molecular weight excluding hydrogens is 352 g/mol. The van der Waals surface area contributed by atoms with Crippen molar-refractivity contribution in [3.05, 3.63) is 64.7 Å². The summed E-state index contributed by atoms with van der Waals surface area (Å²) in [4.78, 5) is 24.4. The van der Waals surface area contributed by atoms with Crippen molar-refractivity contribution in [3.63, 3.8) is 0 Å². The van der Waals surface area contributed by atoms with E-state index >= 15 is 0 Å². The summed E-state index contributed by atoms with van der Waals surface area (Å²) in [6.07, 6.45) is 1.80. The second-order valence-corrected chi connectivity index (χ2v) is 7.10. The number of aliphatic hydroxyl groups is 1. The first-order chi connectivity index (χ1) is 12.4. The predicted molar refractivity (Wildman–Crippen MR) is 101 cm³/mol. The maximum Gasteiger partial charge on any atom is 0.313 e. The van der Waals surface area contributed by atoms with Crippen LogP contribution in [-0.4, -0.2) is 23.5 Å². The lowest BCUT2D eigenvalue weighted by Crippen LogP contribution is -2.45. The Balaban J connectivity index is 1.65. The van der Waals surface area contributed by atoms with Crippen LogP contribution in [0.4, 0.5) is 5.69 Å². The summed E-state index contributed by atoms with van der Waals surface area (Å²) < 4.78 is 0. The van der Waals surface area contributed by atoms with Gasteiger partial charge in [0.2, 0.25) is 0 Å². The van der Waals surface area contributed by atoms with Gasteiger partial charge in [0, 0.05) is 10.7 Å². The van der Waals surface area contributed by atoms with E-state index in [1.807, 2.05) is 37.3 Å². The summed E-state index contributed by atoms with van der Waals surface area (Å²) in [6, 6.07) is 14.3. The highest BCUT2D eigenvalue weighted by Gasteiger charge is 2.45. The average Bonchev–Trinajstić information content (AvgIpc) is 3.48. The number of rotatable bonds is 5. The first kappa shape index (κ1) is 18.4. The van der Waals surface area contributed by atoms with Crippen molar-refractivity contribution in [2.75, 3.05) is 11.9 Å². The van der Waals surface area contributed by atoms with Crippen LogP contribution in [-0.2, 0) is 15.2 Å². The van der Waals surface area contributed by atoms with E-state index in [4.69, 9.17) is 11.6 Å². The topological polar surface area (TPSA) is 78.4 Å². The number of aryl methyl sites for hydroxylation is 1. The summed E-state index contributed by atoms with van der Waals surface area (Å²) >= 11 is 5.93. The molecule has 136 valence electrons. The number of nitrogens with one attached hydrogen (secondary N) is 2. The molecule has 0 aromatic heterocycles. The van der Waals surface area contributed by atoms with E-state index in [9.17, 15) is 14.7 Å². The zero-order chi connectivity index (χ0) is 18.7. The van der Waals surface area contributed by atoms with Gasteiger partial charge in [-0.15, -0.1) is 0 Å². The highest BCUT2D eigenvalue weighted by molar-refractivity contribution is 6.40. The van der Waals surface area contributed by atoms with Gasteiger partial charge < -0.3 is 15.7 Å². The third-order valence-corrected chi connectivity index (χ3v) is 4.93. The molecule has 2 aromatic carbocycles. The molecule has 1 aliphatic carbocycles. The van der Waals surface area contributed by atoms with Crippen LogP contribution in [0, 0.1) is 12.8 Å². The fourth-order valence-corrected chi connectivity index (χ4v) is 3.15. The minimum atomic E-state index is -1.16. The van der Waals surface area contributed by atoms with E-state index < -0.39 is 17.4 Å². The normalized spacial score (nSPS) is 15.8. The molecule has 1 aliphatic rings. The highest BCUT2D eigenvalue weighted by atomic mass is 35.5. The molecule has 6 heteroatoms. The molecule has 0 aliphatic heterocycles. The smallest absolute Gasteiger partial charge is 0.313 e. The summed E-state index contributed by atoms with van der Waals surface area (Å²) in [7, 11) is 0. The van der Waals surface area contributed by atoms with Gasteiger partial charge in [0.05, 0.1) is 6.54 Å². The number of carbonyl (C=O) groups excluding carboxylic acids is 2. The number of hydrogen-bond donors (Lipinski definition) is 3. The molecular formula is C20H21ClN2O3. The van der Waals surface area contributed by atoms with E-state index in [0.29, 0.717) is 10.7 Å². The van der Waals surface area contributed by atoms with Gasteiger partial charge in [0.25, 0.3) is 0 Å². The molecule has 3 rings (SSSR count). The number of hydrogen-bond acceptors (Lipinski definition) is 3. The molecule has 26 heavy (non-hydrogen) atoms. The Hall–Kier alpha value is -2.37. The lowest BCUT2D eigenvalue weighted by Gasteiger charge is -2.29. The Bertz CT molecular complexity index is 821. The predicted octanol–water partition coefficient (Wildman–Crippen LogP) is 3.00. The van der Waals surface area contributed by atoms with E-state index in [2.05, 4.69) is 10.6 Å². The largest absolute Gasteiger partial charge is 0.383 e. The van der Waals surface area contributed by atoms with Crippen molar-refractivity contribution >= 4 is 29.1 Å². The number of anilines is 1. The molecule has 5 nitrogen and oxygen atoms in total. The molecule has 0 saturated heterocycles. The van der Waals surface area contributed by atoms with Crippen LogP contribution in [0.3, 0.4) is 0 Å². The maximum absolute atomic E-state index is 12.2. The Kier molecular flexibility index (Phi) is 5.30. The minimum Gasteiger partial charge on any atom is -0.383 e. The van der Waals surface area contributed by atoms with Crippen molar-refractivity contribution in [3.8, 4) is 0 Å². The SMILES string of the molecule is Cc1ccc(Cl)cc1NC(=O)C(=O)NCC(O)(c1ccccc1)C1CC1. The molecule has 1 atom stereocenters. The Morgan fingerprint density at radius 2 is 1.85 bits per heavy atom. The van der Waals surface area contributed by atoms with Crippen LogP contribution >= 0.6 is 11.6 Å². The van der Waals surface area contributed by atoms with Gasteiger partial charge in [-0.3, -0.25) is 9.59 Å². The number of carbonyl (C=O) groups is 2. The third kappa shape index (κ3) is 4.06. The summed E-state index contributed by atoms with van der Waals surface area (Å²) in [6.45, 7) is 1.80. The van der Waals surface area contributed by atoms with Crippen molar-refractivity contribution in [2.24, 2.45) is 5.92 Å². The van der Waals surface area contributed by atoms with Gasteiger partial charge in [-0.1, -0.05) is 48.0 Å². The van der Waals surface area contributed by atoms with Crippen molar-refractivity contribution in [2.45, 2.75) is 25.4 Å². The first-order valence-corrected chi connectivity index (χ1v) is 8.91. The Labute approximate surface area is 157 Å². The number of benzene rings is 2. The standard InChI is InChI=1S/C20H21ClN2O3/c1-13-7-10-16(21)11-17(13)23-19(25)18(24)22-12-20(26,15-8-9-15)14-5-3-2-4-6-14/h2-7,10-11,15,26H,8-9,12H2,1H3,(H,22,24)(H,23,25). The maximum atomic E-state index is 12.2. The van der Waals surface area contributed by atoms with Gasteiger partial charge in [0.15, 0.2) is 0 Å². The molecule has 2 amide bonds. The second-order valence-electron chi connectivity index (χ2n) is 6.66. The van der Waals surface area contributed by atoms with Gasteiger partial charge in [0.1, 0.15) is 5.60 Å². The first-order valence-electron chi connectivity index (χ1n) is 8.53. The summed E-state index contributed by atoms with van der Waals surface area (Å²) in [5.41, 5.74) is 0.866. The van der Waals surface area contributed by atoms with E-state index in [1.54, 1.807) is 18.2 Å². The summed E-state index contributed by atoms with van der Waals surface area (Å²) in [5, 5.41) is 16.6. The van der Waals surface area contributed by atoms with Crippen molar-refractivity contribution in [1.82, 2.24) is 5.32 Å². The van der Waals surface area contributed by atoms with Crippen LogP contribution in [0.2, 0.25) is 5.02 Å². The minimum absolute atomic E-state index is 0.0114. The van der Waals surface area contributed by atoms with Crippen LogP contribution in [0.5, 0.6) is 0 Å². The quantitative estimate of drug-likeness (QED) is 0.706. The molecule has 0 radical (unpaired) electrons. The highest BCUT2D eigenvalue weighted by Crippen LogP contribution is 2.45. The van der Waals surface area contributed by atoms with Crippen LogP contribution in [0.25, 0.3) is 0 Å². The monoisotopic (exact) mass is 372 g/mol. The lowest BCUT2D eigenvalue weighted by atomic mass is 9.88. The van der Waals surface area contributed by atoms with Gasteiger partial charge >= 0.3 is 11.8 Å². The van der Waals surface area contributed by atoms with Crippen LogP contribution in [0.1, 0.15) is 24.0 Å². The molecule has 0 spiro atoms.